The van der Waals surface area contributed by atoms with Crippen LogP contribution in [-0.2, 0) is 4.79 Å². The molecule has 1 amide bonds. The van der Waals surface area contributed by atoms with E-state index in [4.69, 9.17) is 5.73 Å². The first-order chi connectivity index (χ1) is 5.71. The average molecular weight is 172 g/mol. The molecule has 0 bridgehead atoms. The predicted octanol–water partition coefficient (Wildman–Crippen LogP) is 0.840. The van der Waals surface area contributed by atoms with E-state index in [1.54, 1.807) is 0 Å². The molecule has 0 saturated heterocycles. The fourth-order valence-electron chi connectivity index (χ4n) is 1.24. The Labute approximate surface area is 74.9 Å². The average Bonchev–Trinajstić information content (AvgIpc) is 2.09. The van der Waals surface area contributed by atoms with Crippen LogP contribution in [0.25, 0.3) is 0 Å². The zero-order valence-electron chi connectivity index (χ0n) is 8.34. The van der Waals surface area contributed by atoms with Crippen molar-refractivity contribution in [2.75, 3.05) is 19.6 Å². The molecule has 2 N–H and O–H groups in total. The van der Waals surface area contributed by atoms with E-state index >= 15 is 0 Å². The summed E-state index contributed by atoms with van der Waals surface area (Å²) in [7, 11) is 0. The lowest BCUT2D eigenvalue weighted by Gasteiger charge is -2.23. The van der Waals surface area contributed by atoms with E-state index in [1.807, 2.05) is 25.7 Å². The van der Waals surface area contributed by atoms with Gasteiger partial charge < -0.3 is 10.6 Å². The maximum atomic E-state index is 11.6. The van der Waals surface area contributed by atoms with Crippen LogP contribution in [0.15, 0.2) is 0 Å². The van der Waals surface area contributed by atoms with E-state index in [1.165, 1.54) is 0 Å². The molecule has 0 rings (SSSR count). The highest BCUT2D eigenvalue weighted by atomic mass is 16.2. The molecule has 0 saturated carbocycles. The first-order valence-electron chi connectivity index (χ1n) is 4.69. The molecule has 12 heavy (non-hydrogen) atoms. The molecule has 0 heterocycles. The molecule has 1 atom stereocenters. The van der Waals surface area contributed by atoms with Crippen LogP contribution in [0.3, 0.4) is 0 Å². The molecule has 0 aromatic carbocycles. The molecule has 3 heteroatoms. The maximum absolute atomic E-state index is 11.6. The fourth-order valence-corrected chi connectivity index (χ4v) is 1.24. The second-order valence-electron chi connectivity index (χ2n) is 2.85. The molecule has 0 aliphatic heterocycles. The Bertz CT molecular complexity index is 114. The van der Waals surface area contributed by atoms with E-state index in [0.29, 0.717) is 6.54 Å². The second-order valence-corrected chi connectivity index (χ2v) is 2.85. The largest absolute Gasteiger partial charge is 0.343 e. The molecule has 0 aromatic heterocycles. The van der Waals surface area contributed by atoms with Gasteiger partial charge in [0, 0.05) is 19.6 Å². The number of hydrogen-bond donors (Lipinski definition) is 1. The molecule has 0 aliphatic rings. The Morgan fingerprint density at radius 3 is 2.08 bits per heavy atom. The van der Waals surface area contributed by atoms with Crippen LogP contribution >= 0.6 is 0 Å². The quantitative estimate of drug-likeness (QED) is 0.668. The van der Waals surface area contributed by atoms with E-state index in [0.717, 1.165) is 19.5 Å². The first-order valence-corrected chi connectivity index (χ1v) is 4.69. The molecule has 0 spiro atoms. The molecule has 3 nitrogen and oxygen atoms in total. The highest BCUT2D eigenvalue weighted by molar-refractivity contribution is 5.78. The summed E-state index contributed by atoms with van der Waals surface area (Å²) in [5, 5.41) is 0. The minimum absolute atomic E-state index is 0.0184. The summed E-state index contributed by atoms with van der Waals surface area (Å²) in [6, 6.07) is 0. The van der Waals surface area contributed by atoms with Crippen LogP contribution in [0.2, 0.25) is 0 Å². The lowest BCUT2D eigenvalue weighted by molar-refractivity contribution is -0.134. The number of nitrogens with two attached hydrogens (primary N) is 1. The summed E-state index contributed by atoms with van der Waals surface area (Å²) < 4.78 is 0. The minimum Gasteiger partial charge on any atom is -0.343 e. The van der Waals surface area contributed by atoms with Gasteiger partial charge in [0.15, 0.2) is 0 Å². The summed E-state index contributed by atoms with van der Waals surface area (Å²) in [5.74, 6) is 0.218. The predicted molar refractivity (Wildman–Crippen MR) is 50.8 cm³/mol. The van der Waals surface area contributed by atoms with Crippen molar-refractivity contribution in [3.8, 4) is 0 Å². The Hall–Kier alpha value is -0.570. The topological polar surface area (TPSA) is 46.3 Å². The van der Waals surface area contributed by atoms with Crippen molar-refractivity contribution in [3.63, 3.8) is 0 Å². The third-order valence-electron chi connectivity index (χ3n) is 2.20. The van der Waals surface area contributed by atoms with E-state index in [-0.39, 0.29) is 11.8 Å². The number of carbonyl (C=O) groups excluding carboxylic acids is 1. The zero-order valence-corrected chi connectivity index (χ0v) is 8.34. The molecule has 0 fully saturated rings. The maximum Gasteiger partial charge on any atom is 0.226 e. The van der Waals surface area contributed by atoms with Gasteiger partial charge in [-0.15, -0.1) is 0 Å². The van der Waals surface area contributed by atoms with Crippen LogP contribution in [-0.4, -0.2) is 30.4 Å². The highest BCUT2D eigenvalue weighted by Crippen LogP contribution is 2.05. The van der Waals surface area contributed by atoms with Gasteiger partial charge in [0.1, 0.15) is 0 Å². The minimum atomic E-state index is 0.0184. The molecule has 72 valence electrons. The second kappa shape index (κ2) is 6.00. The smallest absolute Gasteiger partial charge is 0.226 e. The molecule has 1 unspecified atom stereocenters. The van der Waals surface area contributed by atoms with Crippen molar-refractivity contribution in [3.05, 3.63) is 0 Å². The van der Waals surface area contributed by atoms with Gasteiger partial charge >= 0.3 is 0 Å². The van der Waals surface area contributed by atoms with Gasteiger partial charge in [-0.05, 0) is 20.3 Å². The molecule has 0 aromatic rings. The van der Waals surface area contributed by atoms with Crippen molar-refractivity contribution in [1.29, 1.82) is 0 Å². The lowest BCUT2D eigenvalue weighted by Crippen LogP contribution is -2.38. The summed E-state index contributed by atoms with van der Waals surface area (Å²) in [6.07, 6.45) is 0.839. The van der Waals surface area contributed by atoms with Crippen LogP contribution < -0.4 is 5.73 Å². The third kappa shape index (κ3) is 2.81. The van der Waals surface area contributed by atoms with Gasteiger partial charge in [0.25, 0.3) is 0 Å². The van der Waals surface area contributed by atoms with Crippen LogP contribution in [0.4, 0.5) is 0 Å². The van der Waals surface area contributed by atoms with Crippen molar-refractivity contribution >= 4 is 5.91 Å². The van der Waals surface area contributed by atoms with Gasteiger partial charge in [0.05, 0.1) is 5.92 Å². The lowest BCUT2D eigenvalue weighted by atomic mass is 10.1. The Morgan fingerprint density at radius 1 is 1.33 bits per heavy atom. The number of hydrogen-bond acceptors (Lipinski definition) is 2. The number of rotatable bonds is 5. The van der Waals surface area contributed by atoms with Crippen molar-refractivity contribution in [1.82, 2.24) is 4.90 Å². The summed E-state index contributed by atoms with van der Waals surface area (Å²) in [4.78, 5) is 13.4. The van der Waals surface area contributed by atoms with Crippen molar-refractivity contribution in [2.24, 2.45) is 11.7 Å². The van der Waals surface area contributed by atoms with E-state index in [2.05, 4.69) is 0 Å². The van der Waals surface area contributed by atoms with Crippen molar-refractivity contribution in [2.45, 2.75) is 27.2 Å². The molecule has 0 aliphatic carbocycles. The van der Waals surface area contributed by atoms with Gasteiger partial charge in [-0.1, -0.05) is 6.92 Å². The van der Waals surface area contributed by atoms with Crippen molar-refractivity contribution < 1.29 is 4.79 Å². The van der Waals surface area contributed by atoms with E-state index in [9.17, 15) is 4.79 Å². The Balaban J connectivity index is 4.12. The molecular formula is C9H20N2O. The molecule has 0 radical (unpaired) electrons. The van der Waals surface area contributed by atoms with Gasteiger partial charge in [-0.25, -0.2) is 0 Å². The zero-order chi connectivity index (χ0) is 9.56. The van der Waals surface area contributed by atoms with Crippen LogP contribution in [0, 0.1) is 5.92 Å². The Kier molecular flexibility index (Phi) is 5.72. The van der Waals surface area contributed by atoms with Crippen LogP contribution in [0.1, 0.15) is 27.2 Å². The van der Waals surface area contributed by atoms with E-state index < -0.39 is 0 Å². The third-order valence-corrected chi connectivity index (χ3v) is 2.20. The fraction of sp³-hybridized carbons (Fsp3) is 0.889. The SMILES string of the molecule is CCC(CN)C(=O)N(CC)CC. The highest BCUT2D eigenvalue weighted by Gasteiger charge is 2.18. The van der Waals surface area contributed by atoms with Gasteiger partial charge in [0.2, 0.25) is 5.91 Å². The van der Waals surface area contributed by atoms with Gasteiger partial charge in [-0.3, -0.25) is 4.79 Å². The van der Waals surface area contributed by atoms with Crippen LogP contribution in [0.5, 0.6) is 0 Å². The summed E-state index contributed by atoms with van der Waals surface area (Å²) >= 11 is 0. The number of nitrogens with zero attached hydrogens (tertiary/aromatic N) is 1. The summed E-state index contributed by atoms with van der Waals surface area (Å²) in [6.45, 7) is 8.01. The summed E-state index contributed by atoms with van der Waals surface area (Å²) in [5.41, 5.74) is 5.48. The first kappa shape index (κ1) is 11.4. The standard InChI is InChI=1S/C9H20N2O/c1-4-8(7-10)9(12)11(5-2)6-3/h8H,4-7,10H2,1-3H3. The Morgan fingerprint density at radius 2 is 1.83 bits per heavy atom. The number of amides is 1. The monoisotopic (exact) mass is 172 g/mol. The van der Waals surface area contributed by atoms with Gasteiger partial charge in [-0.2, -0.15) is 0 Å². The number of carbonyl (C=O) groups is 1. The molecular weight excluding hydrogens is 152 g/mol. The normalized spacial score (nSPS) is 12.7.